The van der Waals surface area contributed by atoms with Crippen LogP contribution >= 0.6 is 0 Å². The number of fused-ring (bicyclic) bond motifs is 1. The SMILES string of the molecule is N[C@@H]1CCc2cc(C(=O)Nc3ccc(F)cc3)ccc2C1. The smallest absolute Gasteiger partial charge is 0.255 e. The normalized spacial score (nSPS) is 17.1. The molecule has 0 saturated heterocycles. The average molecular weight is 284 g/mol. The Hall–Kier alpha value is -2.20. The van der Waals surface area contributed by atoms with Crippen molar-refractivity contribution >= 4 is 11.6 Å². The Kier molecular flexibility index (Phi) is 3.71. The summed E-state index contributed by atoms with van der Waals surface area (Å²) in [5.41, 5.74) is 9.58. The van der Waals surface area contributed by atoms with Crippen LogP contribution in [0.15, 0.2) is 42.5 Å². The van der Waals surface area contributed by atoms with E-state index in [0.29, 0.717) is 11.3 Å². The molecular weight excluding hydrogens is 267 g/mol. The molecule has 3 rings (SSSR count). The first-order valence-corrected chi connectivity index (χ1v) is 7.06. The van der Waals surface area contributed by atoms with Crippen molar-refractivity contribution in [1.82, 2.24) is 0 Å². The molecule has 2 aromatic rings. The molecule has 3 N–H and O–H groups in total. The Morgan fingerprint density at radius 1 is 1.14 bits per heavy atom. The van der Waals surface area contributed by atoms with Crippen molar-refractivity contribution in [2.24, 2.45) is 5.73 Å². The third-order valence-electron chi connectivity index (χ3n) is 3.84. The van der Waals surface area contributed by atoms with Gasteiger partial charge in [-0.3, -0.25) is 4.79 Å². The summed E-state index contributed by atoms with van der Waals surface area (Å²) < 4.78 is 12.8. The van der Waals surface area contributed by atoms with Gasteiger partial charge in [-0.15, -0.1) is 0 Å². The van der Waals surface area contributed by atoms with Crippen molar-refractivity contribution < 1.29 is 9.18 Å². The number of nitrogens with one attached hydrogen (secondary N) is 1. The highest BCUT2D eigenvalue weighted by molar-refractivity contribution is 6.04. The van der Waals surface area contributed by atoms with Crippen LogP contribution in [0.25, 0.3) is 0 Å². The molecule has 0 saturated carbocycles. The molecule has 0 unspecified atom stereocenters. The number of aryl methyl sites for hydroxylation is 1. The van der Waals surface area contributed by atoms with E-state index in [9.17, 15) is 9.18 Å². The predicted molar refractivity (Wildman–Crippen MR) is 80.8 cm³/mol. The van der Waals surface area contributed by atoms with E-state index in [2.05, 4.69) is 5.32 Å². The van der Waals surface area contributed by atoms with Crippen molar-refractivity contribution in [3.8, 4) is 0 Å². The third-order valence-corrected chi connectivity index (χ3v) is 3.84. The van der Waals surface area contributed by atoms with Crippen LogP contribution in [0.3, 0.4) is 0 Å². The molecule has 0 bridgehead atoms. The number of halogens is 1. The Bertz CT molecular complexity index is 667. The van der Waals surface area contributed by atoms with Gasteiger partial charge in [-0.05, 0) is 66.8 Å². The van der Waals surface area contributed by atoms with Crippen molar-refractivity contribution in [2.75, 3.05) is 5.32 Å². The minimum atomic E-state index is -0.321. The number of hydrogen-bond acceptors (Lipinski definition) is 2. The topological polar surface area (TPSA) is 55.1 Å². The van der Waals surface area contributed by atoms with Gasteiger partial charge >= 0.3 is 0 Å². The van der Waals surface area contributed by atoms with Crippen LogP contribution < -0.4 is 11.1 Å². The lowest BCUT2D eigenvalue weighted by atomic mass is 9.87. The number of anilines is 1. The van der Waals surface area contributed by atoms with E-state index in [1.165, 1.54) is 23.3 Å². The van der Waals surface area contributed by atoms with E-state index in [0.717, 1.165) is 19.3 Å². The zero-order chi connectivity index (χ0) is 14.8. The fourth-order valence-corrected chi connectivity index (χ4v) is 2.66. The fraction of sp³-hybridized carbons (Fsp3) is 0.235. The van der Waals surface area contributed by atoms with E-state index in [-0.39, 0.29) is 17.8 Å². The molecule has 21 heavy (non-hydrogen) atoms. The maximum Gasteiger partial charge on any atom is 0.255 e. The first-order chi connectivity index (χ1) is 10.1. The minimum absolute atomic E-state index is 0.181. The summed E-state index contributed by atoms with van der Waals surface area (Å²) in [6.45, 7) is 0. The van der Waals surface area contributed by atoms with Crippen LogP contribution in [0.1, 0.15) is 27.9 Å². The van der Waals surface area contributed by atoms with Crippen LogP contribution in [-0.4, -0.2) is 11.9 Å². The molecule has 108 valence electrons. The quantitative estimate of drug-likeness (QED) is 0.891. The largest absolute Gasteiger partial charge is 0.327 e. The van der Waals surface area contributed by atoms with Gasteiger partial charge in [0.15, 0.2) is 0 Å². The van der Waals surface area contributed by atoms with Gasteiger partial charge in [-0.25, -0.2) is 4.39 Å². The molecule has 4 heteroatoms. The lowest BCUT2D eigenvalue weighted by Crippen LogP contribution is -2.28. The average Bonchev–Trinajstić information content (AvgIpc) is 2.49. The number of nitrogens with two attached hydrogens (primary N) is 1. The first kappa shape index (κ1) is 13.8. The molecule has 1 aliphatic rings. The maximum atomic E-state index is 12.8. The summed E-state index contributed by atoms with van der Waals surface area (Å²) in [6.07, 6.45) is 2.74. The molecule has 0 aromatic heterocycles. The third kappa shape index (κ3) is 3.11. The Morgan fingerprint density at radius 3 is 2.67 bits per heavy atom. The van der Waals surface area contributed by atoms with E-state index in [1.807, 2.05) is 18.2 Å². The van der Waals surface area contributed by atoms with Crippen LogP contribution in [0.2, 0.25) is 0 Å². The van der Waals surface area contributed by atoms with E-state index >= 15 is 0 Å². The summed E-state index contributed by atoms with van der Waals surface area (Å²) in [4.78, 5) is 12.2. The summed E-state index contributed by atoms with van der Waals surface area (Å²) in [5, 5.41) is 2.77. The fourth-order valence-electron chi connectivity index (χ4n) is 2.66. The van der Waals surface area contributed by atoms with Crippen LogP contribution in [-0.2, 0) is 12.8 Å². The van der Waals surface area contributed by atoms with Gasteiger partial charge in [0.1, 0.15) is 5.82 Å². The highest BCUT2D eigenvalue weighted by Crippen LogP contribution is 2.22. The van der Waals surface area contributed by atoms with Gasteiger partial charge in [0.25, 0.3) is 5.91 Å². The Labute approximate surface area is 123 Å². The van der Waals surface area contributed by atoms with Gasteiger partial charge in [0, 0.05) is 17.3 Å². The van der Waals surface area contributed by atoms with Crippen molar-refractivity contribution in [3.63, 3.8) is 0 Å². The monoisotopic (exact) mass is 284 g/mol. The molecule has 0 radical (unpaired) electrons. The number of amides is 1. The lowest BCUT2D eigenvalue weighted by Gasteiger charge is -2.21. The highest BCUT2D eigenvalue weighted by Gasteiger charge is 2.17. The van der Waals surface area contributed by atoms with E-state index in [1.54, 1.807) is 12.1 Å². The zero-order valence-corrected chi connectivity index (χ0v) is 11.6. The van der Waals surface area contributed by atoms with Gasteiger partial charge < -0.3 is 11.1 Å². The number of rotatable bonds is 2. The summed E-state index contributed by atoms with van der Waals surface area (Å²) in [7, 11) is 0. The molecule has 0 aliphatic heterocycles. The molecule has 2 aromatic carbocycles. The Balaban J connectivity index is 1.77. The predicted octanol–water partition coefficient (Wildman–Crippen LogP) is 2.89. The standard InChI is InChI=1S/C17H17FN2O/c18-14-4-7-16(8-5-14)20-17(21)13-2-1-12-10-15(19)6-3-11(12)9-13/h1-2,4-5,7-9,15H,3,6,10,19H2,(H,20,21)/t15-/m1/s1. The van der Waals surface area contributed by atoms with Gasteiger partial charge in [0.05, 0.1) is 0 Å². The Morgan fingerprint density at radius 2 is 1.90 bits per heavy atom. The van der Waals surface area contributed by atoms with Crippen LogP contribution in [0.5, 0.6) is 0 Å². The molecular formula is C17H17FN2O. The highest BCUT2D eigenvalue weighted by atomic mass is 19.1. The number of hydrogen-bond donors (Lipinski definition) is 2. The summed E-state index contributed by atoms with van der Waals surface area (Å²) >= 11 is 0. The molecule has 0 fully saturated rings. The van der Waals surface area contributed by atoms with E-state index in [4.69, 9.17) is 5.73 Å². The van der Waals surface area contributed by atoms with Crippen molar-refractivity contribution in [2.45, 2.75) is 25.3 Å². The van der Waals surface area contributed by atoms with Crippen molar-refractivity contribution in [3.05, 3.63) is 65.0 Å². The second-order valence-corrected chi connectivity index (χ2v) is 5.45. The molecule has 1 aliphatic carbocycles. The van der Waals surface area contributed by atoms with Gasteiger partial charge in [-0.1, -0.05) is 6.07 Å². The first-order valence-electron chi connectivity index (χ1n) is 7.06. The minimum Gasteiger partial charge on any atom is -0.327 e. The van der Waals surface area contributed by atoms with Gasteiger partial charge in [0.2, 0.25) is 0 Å². The van der Waals surface area contributed by atoms with Crippen LogP contribution in [0.4, 0.5) is 10.1 Å². The molecule has 1 atom stereocenters. The van der Waals surface area contributed by atoms with Crippen LogP contribution in [0, 0.1) is 5.82 Å². The molecule has 1 amide bonds. The number of carbonyl (C=O) groups excluding carboxylic acids is 1. The lowest BCUT2D eigenvalue weighted by molar-refractivity contribution is 0.102. The van der Waals surface area contributed by atoms with E-state index < -0.39 is 0 Å². The maximum absolute atomic E-state index is 12.8. The molecule has 3 nitrogen and oxygen atoms in total. The number of carbonyl (C=O) groups is 1. The summed E-state index contributed by atoms with van der Waals surface area (Å²) in [5.74, 6) is -0.502. The number of benzene rings is 2. The summed E-state index contributed by atoms with van der Waals surface area (Å²) in [6, 6.07) is 11.7. The molecule has 0 heterocycles. The van der Waals surface area contributed by atoms with Crippen molar-refractivity contribution in [1.29, 1.82) is 0 Å². The van der Waals surface area contributed by atoms with Gasteiger partial charge in [-0.2, -0.15) is 0 Å². The second-order valence-electron chi connectivity index (χ2n) is 5.45. The zero-order valence-electron chi connectivity index (χ0n) is 11.6. The molecule has 0 spiro atoms. The second kappa shape index (κ2) is 5.66.